The van der Waals surface area contributed by atoms with Gasteiger partial charge in [-0.3, -0.25) is 4.79 Å². The first kappa shape index (κ1) is 15.6. The van der Waals surface area contributed by atoms with Gasteiger partial charge in [-0.05, 0) is 6.42 Å². The lowest BCUT2D eigenvalue weighted by molar-refractivity contribution is -0.129. The molecule has 114 valence electrons. The topological polar surface area (TPSA) is 40.5 Å². The first-order valence-electron chi connectivity index (χ1n) is 5.93. The Hall–Kier alpha value is -1.76. The number of aromatic hydroxyl groups is 1. The fourth-order valence-electron chi connectivity index (χ4n) is 2.08. The summed E-state index contributed by atoms with van der Waals surface area (Å²) < 4.78 is 52.8. The Morgan fingerprint density at radius 2 is 1.90 bits per heavy atom. The molecule has 0 aliphatic carbocycles. The minimum absolute atomic E-state index is 0.0325. The summed E-state index contributed by atoms with van der Waals surface area (Å²) in [6.45, 7) is -1.02. The second-order valence-corrected chi connectivity index (χ2v) is 4.94. The standard InChI is InChI=1S/C13H10ClF4NO2/c14-7-1-2-10(19(13(7)21)5-11(17)18)12-8(15)3-6(20)4-9(12)16/h2-4,7,11,20H,1,5H2. The molecule has 1 aromatic carbocycles. The van der Waals surface area contributed by atoms with Gasteiger partial charge >= 0.3 is 0 Å². The second-order valence-electron chi connectivity index (χ2n) is 4.42. The van der Waals surface area contributed by atoms with E-state index in [9.17, 15) is 22.4 Å². The lowest BCUT2D eigenvalue weighted by Gasteiger charge is -2.31. The van der Waals surface area contributed by atoms with Crippen molar-refractivity contribution in [1.29, 1.82) is 0 Å². The van der Waals surface area contributed by atoms with Gasteiger partial charge in [0.2, 0.25) is 5.91 Å². The van der Waals surface area contributed by atoms with Gasteiger partial charge in [-0.2, -0.15) is 0 Å². The summed E-state index contributed by atoms with van der Waals surface area (Å²) in [5.74, 6) is -3.80. The number of phenols is 1. The predicted molar refractivity (Wildman–Crippen MR) is 68.0 cm³/mol. The summed E-state index contributed by atoms with van der Waals surface area (Å²) in [6, 6.07) is 1.27. The van der Waals surface area contributed by atoms with Crippen LogP contribution in [0.4, 0.5) is 17.6 Å². The van der Waals surface area contributed by atoms with Crippen LogP contribution in [-0.4, -0.2) is 34.3 Å². The molecule has 1 amide bonds. The van der Waals surface area contributed by atoms with Crippen molar-refractivity contribution >= 4 is 23.2 Å². The molecule has 8 heteroatoms. The number of alkyl halides is 3. The number of phenolic OH excluding ortho intramolecular Hbond substituents is 1. The van der Waals surface area contributed by atoms with Crippen molar-refractivity contribution < 1.29 is 27.5 Å². The Labute approximate surface area is 122 Å². The SMILES string of the molecule is O=C1C(Cl)CC=C(c2c(F)cc(O)cc2F)N1CC(F)F. The largest absolute Gasteiger partial charge is 0.508 e. The van der Waals surface area contributed by atoms with Crippen molar-refractivity contribution in [2.24, 2.45) is 0 Å². The van der Waals surface area contributed by atoms with Gasteiger partial charge in [0.15, 0.2) is 0 Å². The van der Waals surface area contributed by atoms with E-state index in [1.54, 1.807) is 0 Å². The maximum absolute atomic E-state index is 13.8. The normalized spacial score (nSPS) is 19.1. The van der Waals surface area contributed by atoms with Crippen molar-refractivity contribution in [3.8, 4) is 5.75 Å². The van der Waals surface area contributed by atoms with Crippen LogP contribution in [0.1, 0.15) is 12.0 Å². The molecule has 1 N–H and O–H groups in total. The smallest absolute Gasteiger partial charge is 0.256 e. The molecular weight excluding hydrogens is 314 g/mol. The summed E-state index contributed by atoms with van der Waals surface area (Å²) in [5, 5.41) is 8.04. The molecule has 0 bridgehead atoms. The lowest BCUT2D eigenvalue weighted by Crippen LogP contribution is -2.41. The van der Waals surface area contributed by atoms with E-state index >= 15 is 0 Å². The number of amides is 1. The number of allylic oxidation sites excluding steroid dienone is 1. The minimum atomic E-state index is -2.89. The van der Waals surface area contributed by atoms with Crippen molar-refractivity contribution in [2.45, 2.75) is 18.2 Å². The van der Waals surface area contributed by atoms with Gasteiger partial charge in [-0.25, -0.2) is 17.6 Å². The number of carbonyl (C=O) groups excluding carboxylic acids is 1. The first-order chi connectivity index (χ1) is 9.81. The van der Waals surface area contributed by atoms with Crippen molar-refractivity contribution in [2.75, 3.05) is 6.54 Å². The molecule has 0 aromatic heterocycles. The molecule has 1 aliphatic rings. The predicted octanol–water partition coefficient (Wildman–Crippen LogP) is 3.12. The van der Waals surface area contributed by atoms with Gasteiger partial charge in [0.25, 0.3) is 6.43 Å². The molecule has 1 aliphatic heterocycles. The first-order valence-corrected chi connectivity index (χ1v) is 6.37. The van der Waals surface area contributed by atoms with Crippen molar-refractivity contribution in [1.82, 2.24) is 4.90 Å². The van der Waals surface area contributed by atoms with Gasteiger partial charge in [0, 0.05) is 12.1 Å². The number of carbonyl (C=O) groups is 1. The van der Waals surface area contributed by atoms with Crippen molar-refractivity contribution in [3.05, 3.63) is 35.4 Å². The molecule has 1 heterocycles. The Bertz CT molecular complexity index is 583. The summed E-state index contributed by atoms with van der Waals surface area (Å²) in [4.78, 5) is 12.4. The van der Waals surface area contributed by atoms with E-state index < -0.39 is 47.2 Å². The molecule has 0 spiro atoms. The van der Waals surface area contributed by atoms with Crippen LogP contribution in [0.3, 0.4) is 0 Å². The maximum Gasteiger partial charge on any atom is 0.256 e. The van der Waals surface area contributed by atoms with Crippen LogP contribution in [0.15, 0.2) is 18.2 Å². The monoisotopic (exact) mass is 323 g/mol. The Balaban J connectivity index is 2.52. The molecule has 1 aromatic rings. The van der Waals surface area contributed by atoms with E-state index in [4.69, 9.17) is 16.7 Å². The van der Waals surface area contributed by atoms with E-state index in [2.05, 4.69) is 0 Å². The zero-order valence-corrected chi connectivity index (χ0v) is 11.2. The van der Waals surface area contributed by atoms with E-state index in [-0.39, 0.29) is 12.1 Å². The highest BCUT2D eigenvalue weighted by atomic mass is 35.5. The van der Waals surface area contributed by atoms with Crippen LogP contribution in [0, 0.1) is 11.6 Å². The number of hydrogen-bond donors (Lipinski definition) is 1. The highest BCUT2D eigenvalue weighted by Crippen LogP contribution is 2.33. The molecule has 21 heavy (non-hydrogen) atoms. The van der Waals surface area contributed by atoms with Gasteiger partial charge in [0.1, 0.15) is 22.8 Å². The Morgan fingerprint density at radius 3 is 2.43 bits per heavy atom. The number of halogens is 5. The summed E-state index contributed by atoms with van der Waals surface area (Å²) >= 11 is 5.69. The zero-order chi connectivity index (χ0) is 15.7. The minimum Gasteiger partial charge on any atom is -0.508 e. The third-order valence-corrected chi connectivity index (χ3v) is 3.31. The average Bonchev–Trinajstić information content (AvgIpc) is 2.36. The summed E-state index contributed by atoms with van der Waals surface area (Å²) in [5.41, 5.74) is -0.961. The van der Waals surface area contributed by atoms with E-state index in [1.807, 2.05) is 0 Å². The molecular formula is C13H10ClF4NO2. The van der Waals surface area contributed by atoms with Crippen LogP contribution in [0.25, 0.3) is 5.70 Å². The molecule has 0 fully saturated rings. The maximum atomic E-state index is 13.8. The summed E-state index contributed by atoms with van der Waals surface area (Å²) in [7, 11) is 0. The van der Waals surface area contributed by atoms with E-state index in [0.717, 1.165) is 0 Å². The molecule has 1 atom stereocenters. The highest BCUT2D eigenvalue weighted by Gasteiger charge is 2.33. The number of rotatable bonds is 3. The van der Waals surface area contributed by atoms with Crippen LogP contribution in [-0.2, 0) is 4.79 Å². The lowest BCUT2D eigenvalue weighted by atomic mass is 10.0. The summed E-state index contributed by atoms with van der Waals surface area (Å²) in [6.07, 6.45) is -1.70. The Morgan fingerprint density at radius 1 is 1.33 bits per heavy atom. The van der Waals surface area contributed by atoms with E-state index in [1.165, 1.54) is 6.08 Å². The number of nitrogens with zero attached hydrogens (tertiary/aromatic N) is 1. The molecule has 2 rings (SSSR count). The van der Waals surface area contributed by atoms with Crippen molar-refractivity contribution in [3.63, 3.8) is 0 Å². The fourth-order valence-corrected chi connectivity index (χ4v) is 2.29. The van der Waals surface area contributed by atoms with Crippen LogP contribution in [0.5, 0.6) is 5.75 Å². The third-order valence-electron chi connectivity index (χ3n) is 2.95. The molecule has 1 unspecified atom stereocenters. The molecule has 3 nitrogen and oxygen atoms in total. The van der Waals surface area contributed by atoms with E-state index in [0.29, 0.717) is 17.0 Å². The van der Waals surface area contributed by atoms with Gasteiger partial charge in [0.05, 0.1) is 17.8 Å². The van der Waals surface area contributed by atoms with Crippen LogP contribution in [0.2, 0.25) is 0 Å². The third kappa shape index (κ3) is 3.12. The molecule has 0 saturated carbocycles. The van der Waals surface area contributed by atoms with Gasteiger partial charge in [-0.15, -0.1) is 11.6 Å². The quantitative estimate of drug-likeness (QED) is 0.686. The van der Waals surface area contributed by atoms with Crippen LogP contribution < -0.4 is 0 Å². The number of hydrogen-bond acceptors (Lipinski definition) is 2. The fraction of sp³-hybridized carbons (Fsp3) is 0.308. The second kappa shape index (κ2) is 5.93. The highest BCUT2D eigenvalue weighted by molar-refractivity contribution is 6.31. The van der Waals surface area contributed by atoms with Crippen LogP contribution >= 0.6 is 11.6 Å². The zero-order valence-electron chi connectivity index (χ0n) is 10.5. The number of benzene rings is 1. The van der Waals surface area contributed by atoms with Gasteiger partial charge in [-0.1, -0.05) is 6.08 Å². The average molecular weight is 324 g/mol. The molecule has 0 saturated heterocycles. The molecule has 0 radical (unpaired) electrons. The Kier molecular flexibility index (Phi) is 4.41. The van der Waals surface area contributed by atoms with Gasteiger partial charge < -0.3 is 10.0 Å².